The van der Waals surface area contributed by atoms with Gasteiger partial charge in [-0.15, -0.1) is 11.3 Å². The predicted octanol–water partition coefficient (Wildman–Crippen LogP) is 2.73. The number of benzene rings is 1. The Morgan fingerprint density at radius 1 is 1.38 bits per heavy atom. The van der Waals surface area contributed by atoms with Crippen LogP contribution in [0.15, 0.2) is 35.8 Å². The minimum Gasteiger partial charge on any atom is -0.287 e. The lowest BCUT2D eigenvalue weighted by atomic mass is 10.1. The van der Waals surface area contributed by atoms with Crippen molar-refractivity contribution in [3.63, 3.8) is 0 Å². The summed E-state index contributed by atoms with van der Waals surface area (Å²) in [7, 11) is 1.74. The fourth-order valence-corrected chi connectivity index (χ4v) is 2.07. The van der Waals surface area contributed by atoms with Crippen LogP contribution in [0.2, 0.25) is 0 Å². The summed E-state index contributed by atoms with van der Waals surface area (Å²) >= 11 is 1.45. The maximum absolute atomic E-state index is 12.2. The topological polar surface area (TPSA) is 33.2 Å². The van der Waals surface area contributed by atoms with Crippen LogP contribution in [0, 0.1) is 6.92 Å². The van der Waals surface area contributed by atoms with Crippen molar-refractivity contribution in [3.8, 4) is 0 Å². The minimum atomic E-state index is -0.0203. The molecule has 4 heteroatoms. The summed E-state index contributed by atoms with van der Waals surface area (Å²) < 4.78 is 0. The number of carbonyl (C=O) groups is 1. The molecule has 0 saturated heterocycles. The van der Waals surface area contributed by atoms with E-state index in [4.69, 9.17) is 0 Å². The van der Waals surface area contributed by atoms with Gasteiger partial charge in [0, 0.05) is 24.2 Å². The van der Waals surface area contributed by atoms with Crippen molar-refractivity contribution in [1.82, 2.24) is 4.98 Å². The number of rotatable bonds is 2. The zero-order valence-electron chi connectivity index (χ0n) is 9.18. The smallest absolute Gasteiger partial charge is 0.260 e. The summed E-state index contributed by atoms with van der Waals surface area (Å²) in [6.07, 6.45) is 1.70. The third-order valence-electron chi connectivity index (χ3n) is 2.39. The Morgan fingerprint density at radius 2 is 2.12 bits per heavy atom. The van der Waals surface area contributed by atoms with E-state index >= 15 is 0 Å². The van der Waals surface area contributed by atoms with Gasteiger partial charge < -0.3 is 0 Å². The molecule has 16 heavy (non-hydrogen) atoms. The van der Waals surface area contributed by atoms with Crippen molar-refractivity contribution >= 4 is 22.4 Å². The average Bonchev–Trinajstić information content (AvgIpc) is 2.81. The van der Waals surface area contributed by atoms with Crippen LogP contribution in [-0.4, -0.2) is 17.9 Å². The number of anilines is 1. The van der Waals surface area contributed by atoms with Gasteiger partial charge in [-0.3, -0.25) is 9.69 Å². The number of thiazole rings is 1. The van der Waals surface area contributed by atoms with Gasteiger partial charge in [0.15, 0.2) is 5.13 Å². The molecule has 1 heterocycles. The van der Waals surface area contributed by atoms with Gasteiger partial charge in [-0.1, -0.05) is 18.2 Å². The fraction of sp³-hybridized carbons (Fsp3) is 0.167. The number of hydrogen-bond donors (Lipinski definition) is 0. The highest BCUT2D eigenvalue weighted by atomic mass is 32.1. The van der Waals surface area contributed by atoms with Crippen LogP contribution in [-0.2, 0) is 0 Å². The third-order valence-corrected chi connectivity index (χ3v) is 3.23. The number of aromatic nitrogens is 1. The van der Waals surface area contributed by atoms with Gasteiger partial charge in [-0.2, -0.15) is 0 Å². The second-order valence-corrected chi connectivity index (χ2v) is 4.37. The molecular weight excluding hydrogens is 220 g/mol. The largest absolute Gasteiger partial charge is 0.287 e. The molecule has 0 radical (unpaired) electrons. The van der Waals surface area contributed by atoms with Crippen LogP contribution in [0.1, 0.15) is 15.9 Å². The number of aryl methyl sites for hydroxylation is 1. The van der Waals surface area contributed by atoms with Crippen molar-refractivity contribution < 1.29 is 4.79 Å². The van der Waals surface area contributed by atoms with Crippen molar-refractivity contribution in [2.75, 3.05) is 11.9 Å². The van der Waals surface area contributed by atoms with E-state index in [0.717, 1.165) is 11.1 Å². The number of nitrogens with zero attached hydrogens (tertiary/aromatic N) is 2. The Labute approximate surface area is 98.4 Å². The van der Waals surface area contributed by atoms with Crippen LogP contribution >= 0.6 is 11.3 Å². The van der Waals surface area contributed by atoms with Gasteiger partial charge in [-0.05, 0) is 18.6 Å². The van der Waals surface area contributed by atoms with Gasteiger partial charge in [0.05, 0.1) is 0 Å². The zero-order valence-corrected chi connectivity index (χ0v) is 9.99. The third kappa shape index (κ3) is 1.97. The molecule has 82 valence electrons. The van der Waals surface area contributed by atoms with Gasteiger partial charge in [0.25, 0.3) is 5.91 Å². The summed E-state index contributed by atoms with van der Waals surface area (Å²) in [6.45, 7) is 1.93. The molecule has 1 aromatic heterocycles. The molecule has 2 rings (SSSR count). The molecule has 0 aliphatic rings. The zero-order chi connectivity index (χ0) is 11.5. The molecule has 0 spiro atoms. The van der Waals surface area contributed by atoms with Crippen LogP contribution in [0.25, 0.3) is 0 Å². The molecule has 0 aliphatic heterocycles. The summed E-state index contributed by atoms with van der Waals surface area (Å²) in [4.78, 5) is 17.8. The molecule has 0 saturated carbocycles. The van der Waals surface area contributed by atoms with E-state index in [1.54, 1.807) is 18.1 Å². The summed E-state index contributed by atoms with van der Waals surface area (Å²) in [5.41, 5.74) is 1.70. The second-order valence-electron chi connectivity index (χ2n) is 3.49. The molecule has 0 atom stereocenters. The second kappa shape index (κ2) is 4.45. The number of amides is 1. The van der Waals surface area contributed by atoms with Crippen molar-refractivity contribution in [2.24, 2.45) is 0 Å². The predicted molar refractivity (Wildman–Crippen MR) is 66.0 cm³/mol. The first-order valence-corrected chi connectivity index (χ1v) is 5.81. The van der Waals surface area contributed by atoms with E-state index in [2.05, 4.69) is 4.98 Å². The van der Waals surface area contributed by atoms with E-state index in [0.29, 0.717) is 5.13 Å². The molecule has 1 amide bonds. The highest BCUT2D eigenvalue weighted by molar-refractivity contribution is 7.13. The molecule has 0 fully saturated rings. The van der Waals surface area contributed by atoms with Gasteiger partial charge in [-0.25, -0.2) is 4.98 Å². The first-order chi connectivity index (χ1) is 7.70. The molecule has 0 aliphatic carbocycles. The number of carbonyl (C=O) groups excluding carboxylic acids is 1. The normalized spacial score (nSPS) is 10.1. The highest BCUT2D eigenvalue weighted by Gasteiger charge is 2.16. The minimum absolute atomic E-state index is 0.0203. The van der Waals surface area contributed by atoms with Gasteiger partial charge in [0.2, 0.25) is 0 Å². The first-order valence-electron chi connectivity index (χ1n) is 4.93. The molecule has 0 bridgehead atoms. The first kappa shape index (κ1) is 10.8. The highest BCUT2D eigenvalue weighted by Crippen LogP contribution is 2.19. The monoisotopic (exact) mass is 232 g/mol. The fourth-order valence-electron chi connectivity index (χ4n) is 1.46. The van der Waals surface area contributed by atoms with E-state index in [9.17, 15) is 4.79 Å². The van der Waals surface area contributed by atoms with Gasteiger partial charge in [0.1, 0.15) is 0 Å². The van der Waals surface area contributed by atoms with E-state index in [1.807, 2.05) is 36.6 Å². The maximum atomic E-state index is 12.2. The van der Waals surface area contributed by atoms with Gasteiger partial charge >= 0.3 is 0 Å². The lowest BCUT2D eigenvalue weighted by molar-refractivity contribution is 0.0992. The summed E-state index contributed by atoms with van der Waals surface area (Å²) in [6, 6.07) is 7.57. The molecular formula is C12H12N2OS. The van der Waals surface area contributed by atoms with Crippen molar-refractivity contribution in [2.45, 2.75) is 6.92 Å². The summed E-state index contributed by atoms with van der Waals surface area (Å²) in [5.74, 6) is -0.0203. The van der Waals surface area contributed by atoms with E-state index < -0.39 is 0 Å². The van der Waals surface area contributed by atoms with E-state index in [-0.39, 0.29) is 5.91 Å². The SMILES string of the molecule is Cc1ccccc1C(=O)N(C)c1nccs1. The van der Waals surface area contributed by atoms with Crippen LogP contribution in [0.5, 0.6) is 0 Å². The quantitative estimate of drug-likeness (QED) is 0.797. The van der Waals surface area contributed by atoms with E-state index in [1.165, 1.54) is 11.3 Å². The molecule has 0 N–H and O–H groups in total. The Kier molecular flexibility index (Phi) is 3.01. The lowest BCUT2D eigenvalue weighted by Crippen LogP contribution is -2.26. The van der Waals surface area contributed by atoms with Crippen molar-refractivity contribution in [3.05, 3.63) is 47.0 Å². The Hall–Kier alpha value is -1.68. The maximum Gasteiger partial charge on any atom is 0.260 e. The standard InChI is InChI=1S/C12H12N2OS/c1-9-5-3-4-6-10(9)11(15)14(2)12-13-7-8-16-12/h3-8H,1-2H3. The van der Waals surface area contributed by atoms with Crippen LogP contribution in [0.4, 0.5) is 5.13 Å². The Bertz CT molecular complexity index is 493. The summed E-state index contributed by atoms with van der Waals surface area (Å²) in [5, 5.41) is 2.57. The number of hydrogen-bond acceptors (Lipinski definition) is 3. The Morgan fingerprint density at radius 3 is 2.75 bits per heavy atom. The molecule has 3 nitrogen and oxygen atoms in total. The average molecular weight is 232 g/mol. The molecule has 2 aromatic rings. The molecule has 1 aromatic carbocycles. The van der Waals surface area contributed by atoms with Crippen LogP contribution in [0.3, 0.4) is 0 Å². The van der Waals surface area contributed by atoms with Crippen molar-refractivity contribution in [1.29, 1.82) is 0 Å². The molecule has 0 unspecified atom stereocenters. The van der Waals surface area contributed by atoms with Crippen LogP contribution < -0.4 is 4.90 Å². The lowest BCUT2D eigenvalue weighted by Gasteiger charge is -2.14. The Balaban J connectivity index is 2.30.